The minimum Gasteiger partial charge on any atom is -0.354 e. The molecule has 1 aliphatic heterocycles. The van der Waals surface area contributed by atoms with Crippen LogP contribution in [0.15, 0.2) is 28.7 Å². The molecular formula is C16H24BrN3O. The number of amides is 1. The van der Waals surface area contributed by atoms with Crippen molar-refractivity contribution in [2.75, 3.05) is 13.1 Å². The summed E-state index contributed by atoms with van der Waals surface area (Å²) in [5.41, 5.74) is 7.49. The Kier molecular flexibility index (Phi) is 5.79. The third-order valence-electron chi connectivity index (χ3n) is 4.02. The van der Waals surface area contributed by atoms with Crippen molar-refractivity contribution in [3.8, 4) is 0 Å². The number of rotatable bonds is 4. The summed E-state index contributed by atoms with van der Waals surface area (Å²) in [5, 5.41) is 3.01. The topological polar surface area (TPSA) is 58.4 Å². The van der Waals surface area contributed by atoms with Gasteiger partial charge in [-0.15, -0.1) is 0 Å². The Bertz CT molecular complexity index is 484. The van der Waals surface area contributed by atoms with Crippen molar-refractivity contribution in [1.29, 1.82) is 0 Å². The van der Waals surface area contributed by atoms with Gasteiger partial charge in [0.15, 0.2) is 0 Å². The molecule has 1 fully saturated rings. The molecule has 0 saturated carbocycles. The van der Waals surface area contributed by atoms with Crippen LogP contribution in [0.3, 0.4) is 0 Å². The number of benzene rings is 1. The van der Waals surface area contributed by atoms with Gasteiger partial charge in [-0.1, -0.05) is 28.1 Å². The first kappa shape index (κ1) is 16.5. The summed E-state index contributed by atoms with van der Waals surface area (Å²) >= 11 is 3.53. The number of carbonyl (C=O) groups excluding carboxylic acids is 1. The Balaban J connectivity index is 2.06. The van der Waals surface area contributed by atoms with E-state index in [-0.39, 0.29) is 18.0 Å². The fraction of sp³-hybridized carbons (Fsp3) is 0.562. The van der Waals surface area contributed by atoms with Crippen molar-refractivity contribution in [3.63, 3.8) is 0 Å². The van der Waals surface area contributed by atoms with Crippen LogP contribution in [0.5, 0.6) is 0 Å². The quantitative estimate of drug-likeness (QED) is 0.873. The molecule has 2 atom stereocenters. The molecule has 4 nitrogen and oxygen atoms in total. The van der Waals surface area contributed by atoms with Gasteiger partial charge in [0, 0.05) is 42.6 Å². The van der Waals surface area contributed by atoms with Gasteiger partial charge in [0.1, 0.15) is 0 Å². The van der Waals surface area contributed by atoms with Crippen molar-refractivity contribution in [2.24, 2.45) is 5.73 Å². The van der Waals surface area contributed by atoms with E-state index in [0.717, 1.165) is 30.4 Å². The molecule has 21 heavy (non-hydrogen) atoms. The molecule has 0 radical (unpaired) electrons. The largest absolute Gasteiger partial charge is 0.354 e. The molecule has 1 aromatic rings. The number of halogens is 1. The molecule has 1 aliphatic rings. The Morgan fingerprint density at radius 1 is 1.43 bits per heavy atom. The van der Waals surface area contributed by atoms with Crippen LogP contribution in [0.1, 0.15) is 38.3 Å². The van der Waals surface area contributed by atoms with Crippen molar-refractivity contribution in [1.82, 2.24) is 10.2 Å². The molecule has 1 amide bonds. The van der Waals surface area contributed by atoms with Gasteiger partial charge in [0.05, 0.1) is 0 Å². The maximum atomic E-state index is 11.1. The summed E-state index contributed by atoms with van der Waals surface area (Å²) in [5.74, 6) is 0.0594. The Hall–Kier alpha value is -0.910. The van der Waals surface area contributed by atoms with E-state index in [0.29, 0.717) is 6.04 Å². The third-order valence-corrected chi connectivity index (χ3v) is 4.51. The average Bonchev–Trinajstić information content (AvgIpc) is 2.40. The molecule has 0 aliphatic carbocycles. The first-order valence-electron chi connectivity index (χ1n) is 7.49. The zero-order valence-corrected chi connectivity index (χ0v) is 14.3. The molecule has 0 spiro atoms. The molecule has 2 unspecified atom stereocenters. The van der Waals surface area contributed by atoms with Gasteiger partial charge >= 0.3 is 0 Å². The number of nitrogens with one attached hydrogen (secondary N) is 1. The van der Waals surface area contributed by atoms with Crippen LogP contribution >= 0.6 is 15.9 Å². The van der Waals surface area contributed by atoms with Gasteiger partial charge in [-0.05, 0) is 37.5 Å². The first-order valence-corrected chi connectivity index (χ1v) is 8.29. The van der Waals surface area contributed by atoms with Crippen LogP contribution in [-0.2, 0) is 4.79 Å². The summed E-state index contributed by atoms with van der Waals surface area (Å²) in [6.45, 7) is 5.57. The van der Waals surface area contributed by atoms with Crippen LogP contribution in [-0.4, -0.2) is 36.0 Å². The Labute approximate surface area is 135 Å². The average molecular weight is 354 g/mol. The second kappa shape index (κ2) is 7.38. The van der Waals surface area contributed by atoms with E-state index in [2.05, 4.69) is 51.3 Å². The van der Waals surface area contributed by atoms with Crippen molar-refractivity contribution < 1.29 is 4.79 Å². The lowest BCUT2D eigenvalue weighted by molar-refractivity contribution is -0.120. The summed E-state index contributed by atoms with van der Waals surface area (Å²) in [4.78, 5) is 13.6. The molecule has 2 rings (SSSR count). The number of carbonyl (C=O) groups is 1. The van der Waals surface area contributed by atoms with Crippen LogP contribution in [0, 0.1) is 0 Å². The maximum absolute atomic E-state index is 11.1. The highest BCUT2D eigenvalue weighted by Gasteiger charge is 2.28. The number of nitrogens with zero attached hydrogens (tertiary/aromatic N) is 1. The number of hydrogen-bond donors (Lipinski definition) is 2. The minimum atomic E-state index is 0.0594. The van der Waals surface area contributed by atoms with Crippen molar-refractivity contribution in [2.45, 2.75) is 44.8 Å². The number of piperidine rings is 1. The highest BCUT2D eigenvalue weighted by molar-refractivity contribution is 9.10. The molecule has 3 N–H and O–H groups in total. The summed E-state index contributed by atoms with van der Waals surface area (Å²) in [6.07, 6.45) is 1.97. The van der Waals surface area contributed by atoms with E-state index in [9.17, 15) is 4.79 Å². The first-order chi connectivity index (χ1) is 9.97. The zero-order valence-electron chi connectivity index (χ0n) is 12.7. The smallest absolute Gasteiger partial charge is 0.217 e. The number of likely N-dealkylation sites (tertiary alicyclic amines) is 1. The molecule has 1 saturated heterocycles. The van der Waals surface area contributed by atoms with Crippen molar-refractivity contribution in [3.05, 3.63) is 34.3 Å². The maximum Gasteiger partial charge on any atom is 0.217 e. The lowest BCUT2D eigenvalue weighted by atomic mass is 9.95. The standard InChI is InChI=1S/C16H24BrN3O/c1-11(18)16(13-4-3-5-14(17)10-13)20-8-6-15(7-9-20)19-12(2)21/h3-5,10-11,15-16H,6-9,18H2,1-2H3,(H,19,21). The third kappa shape index (κ3) is 4.53. The monoisotopic (exact) mass is 353 g/mol. The Morgan fingerprint density at radius 2 is 2.10 bits per heavy atom. The second-order valence-corrected chi connectivity index (χ2v) is 6.79. The fourth-order valence-electron chi connectivity index (χ4n) is 3.15. The fourth-order valence-corrected chi connectivity index (χ4v) is 3.56. The molecule has 116 valence electrons. The lowest BCUT2D eigenvalue weighted by Gasteiger charge is -2.39. The van der Waals surface area contributed by atoms with Crippen LogP contribution in [0.25, 0.3) is 0 Å². The van der Waals surface area contributed by atoms with Gasteiger partial charge in [-0.3, -0.25) is 9.69 Å². The van der Waals surface area contributed by atoms with Gasteiger partial charge in [0.2, 0.25) is 5.91 Å². The molecule has 1 heterocycles. The zero-order chi connectivity index (χ0) is 15.4. The van der Waals surface area contributed by atoms with Gasteiger partial charge in [-0.25, -0.2) is 0 Å². The van der Waals surface area contributed by atoms with Gasteiger partial charge in [-0.2, -0.15) is 0 Å². The van der Waals surface area contributed by atoms with E-state index in [4.69, 9.17) is 5.73 Å². The normalized spacial score (nSPS) is 20.0. The Morgan fingerprint density at radius 3 is 2.62 bits per heavy atom. The second-order valence-electron chi connectivity index (χ2n) is 5.87. The molecule has 0 bridgehead atoms. The van der Waals surface area contributed by atoms with Gasteiger partial charge < -0.3 is 11.1 Å². The van der Waals surface area contributed by atoms with Gasteiger partial charge in [0.25, 0.3) is 0 Å². The number of hydrogen-bond acceptors (Lipinski definition) is 3. The highest BCUT2D eigenvalue weighted by atomic mass is 79.9. The summed E-state index contributed by atoms with van der Waals surface area (Å²) < 4.78 is 1.08. The minimum absolute atomic E-state index is 0.0594. The SMILES string of the molecule is CC(=O)NC1CCN(C(c2cccc(Br)c2)C(C)N)CC1. The van der Waals surface area contributed by atoms with Crippen molar-refractivity contribution >= 4 is 21.8 Å². The predicted molar refractivity (Wildman–Crippen MR) is 88.9 cm³/mol. The van der Waals surface area contributed by atoms with Crippen LogP contribution < -0.4 is 11.1 Å². The lowest BCUT2D eigenvalue weighted by Crippen LogP contribution is -2.48. The van der Waals surface area contributed by atoms with Crippen LogP contribution in [0.2, 0.25) is 0 Å². The van der Waals surface area contributed by atoms with E-state index in [1.807, 2.05) is 6.07 Å². The molecule has 1 aromatic carbocycles. The van der Waals surface area contributed by atoms with E-state index < -0.39 is 0 Å². The molecule has 0 aromatic heterocycles. The van der Waals surface area contributed by atoms with E-state index in [1.165, 1.54) is 5.56 Å². The summed E-state index contributed by atoms with van der Waals surface area (Å²) in [6, 6.07) is 8.96. The molecular weight excluding hydrogens is 330 g/mol. The summed E-state index contributed by atoms with van der Waals surface area (Å²) in [7, 11) is 0. The highest BCUT2D eigenvalue weighted by Crippen LogP contribution is 2.28. The molecule has 5 heteroatoms. The van der Waals surface area contributed by atoms with E-state index >= 15 is 0 Å². The number of nitrogens with two attached hydrogens (primary N) is 1. The van der Waals surface area contributed by atoms with Crippen LogP contribution in [0.4, 0.5) is 0 Å². The van der Waals surface area contributed by atoms with E-state index in [1.54, 1.807) is 6.92 Å². The predicted octanol–water partition coefficient (Wildman–Crippen LogP) is 2.44.